The van der Waals surface area contributed by atoms with Gasteiger partial charge in [-0.05, 0) is 29.7 Å². The van der Waals surface area contributed by atoms with Crippen molar-refractivity contribution in [3.8, 4) is 0 Å². The van der Waals surface area contributed by atoms with Crippen molar-refractivity contribution in [2.24, 2.45) is 0 Å². The molecule has 2 heteroatoms. The van der Waals surface area contributed by atoms with E-state index in [1.807, 2.05) is 6.07 Å². The normalized spacial score (nSPS) is 11.0. The topological polar surface area (TPSA) is 4.10 Å². The average Bonchev–Trinajstić information content (AvgIpc) is 2.26. The summed E-state index contributed by atoms with van der Waals surface area (Å²) >= 11 is 3.49. The molecule has 0 bridgehead atoms. The quantitative estimate of drug-likeness (QED) is 0.430. The summed E-state index contributed by atoms with van der Waals surface area (Å²) in [7, 11) is 0. The van der Waals surface area contributed by atoms with Crippen LogP contribution in [0.1, 0.15) is 0 Å². The highest BCUT2D eigenvalue weighted by Gasteiger charge is 2.03. The summed E-state index contributed by atoms with van der Waals surface area (Å²) in [5.74, 6) is 0. The smallest absolute Gasteiger partial charge is 0.167 e. The van der Waals surface area contributed by atoms with E-state index in [1.165, 1.54) is 16.3 Å². The predicted octanol–water partition coefficient (Wildman–Crippen LogP) is 3.34. The summed E-state index contributed by atoms with van der Waals surface area (Å²) in [5.41, 5.74) is 1.21. The van der Waals surface area contributed by atoms with E-state index in [2.05, 4.69) is 69.1 Å². The van der Waals surface area contributed by atoms with Crippen molar-refractivity contribution in [1.29, 1.82) is 0 Å². The molecule has 3 aromatic rings. The zero-order valence-corrected chi connectivity index (χ0v) is 9.61. The molecule has 0 saturated carbocycles. The lowest BCUT2D eigenvalue weighted by Gasteiger charge is -1.97. The zero-order chi connectivity index (χ0) is 10.3. The number of rotatable bonds is 0. The molecule has 0 atom stereocenters. The lowest BCUT2D eigenvalue weighted by atomic mass is 10.1. The number of hydrogen-bond donors (Lipinski definition) is 0. The first kappa shape index (κ1) is 8.86. The van der Waals surface area contributed by atoms with Gasteiger partial charge in [0.2, 0.25) is 5.52 Å². The number of halogens is 1. The molecule has 0 radical (unpaired) electrons. The maximum Gasteiger partial charge on any atom is 0.211 e. The molecule has 0 spiro atoms. The summed E-state index contributed by atoms with van der Waals surface area (Å²) in [6.07, 6.45) is 4.22. The van der Waals surface area contributed by atoms with Gasteiger partial charge in [-0.2, -0.15) is 4.40 Å². The van der Waals surface area contributed by atoms with E-state index in [1.54, 1.807) is 0 Å². The molecule has 0 aliphatic carbocycles. The van der Waals surface area contributed by atoms with Gasteiger partial charge in [0.15, 0.2) is 12.4 Å². The van der Waals surface area contributed by atoms with E-state index < -0.39 is 0 Å². The highest BCUT2D eigenvalue weighted by molar-refractivity contribution is 9.10. The van der Waals surface area contributed by atoms with Crippen molar-refractivity contribution in [1.82, 2.24) is 0 Å². The highest BCUT2D eigenvalue weighted by Crippen LogP contribution is 2.19. The van der Waals surface area contributed by atoms with E-state index in [0.717, 1.165) is 4.47 Å². The molecule has 1 aromatic carbocycles. The molecule has 0 aliphatic rings. The lowest BCUT2D eigenvalue weighted by Crippen LogP contribution is -2.19. The second-order valence-corrected chi connectivity index (χ2v) is 4.50. The van der Waals surface area contributed by atoms with Crippen LogP contribution >= 0.6 is 15.9 Å². The van der Waals surface area contributed by atoms with E-state index in [9.17, 15) is 0 Å². The molecule has 72 valence electrons. The Morgan fingerprint density at radius 2 is 1.87 bits per heavy atom. The monoisotopic (exact) mass is 258 g/mol. The van der Waals surface area contributed by atoms with Gasteiger partial charge in [-0.15, -0.1) is 0 Å². The van der Waals surface area contributed by atoms with Gasteiger partial charge in [0.1, 0.15) is 0 Å². The molecule has 3 rings (SSSR count). The van der Waals surface area contributed by atoms with Gasteiger partial charge < -0.3 is 0 Å². The fourth-order valence-corrected chi connectivity index (χ4v) is 2.19. The number of benzene rings is 1. The highest BCUT2D eigenvalue weighted by atomic mass is 79.9. The Hall–Kier alpha value is -1.41. The lowest BCUT2D eigenvalue weighted by molar-refractivity contribution is -0.510. The number of pyridine rings is 2. The third kappa shape index (κ3) is 1.51. The molecule has 0 fully saturated rings. The van der Waals surface area contributed by atoms with Gasteiger partial charge in [-0.1, -0.05) is 15.9 Å². The first-order valence-electron chi connectivity index (χ1n) is 4.82. The standard InChI is InChI=1S/C13H9BrN/c14-12-5-4-10-9-15-6-2-1-3-13(15)8-11(10)7-12/h1-9H/q+1. The van der Waals surface area contributed by atoms with Crippen LogP contribution in [0, 0.1) is 0 Å². The maximum absolute atomic E-state index is 3.49. The number of hydrogen-bond acceptors (Lipinski definition) is 0. The van der Waals surface area contributed by atoms with Gasteiger partial charge in [0.05, 0.1) is 0 Å². The van der Waals surface area contributed by atoms with Gasteiger partial charge in [-0.3, -0.25) is 0 Å². The van der Waals surface area contributed by atoms with Crippen LogP contribution in [0.25, 0.3) is 16.3 Å². The van der Waals surface area contributed by atoms with Crippen molar-refractivity contribution < 1.29 is 4.40 Å². The maximum atomic E-state index is 3.49. The summed E-state index contributed by atoms with van der Waals surface area (Å²) in [4.78, 5) is 0. The third-order valence-electron chi connectivity index (χ3n) is 2.55. The molecule has 1 nitrogen and oxygen atoms in total. The number of aromatic nitrogens is 1. The largest absolute Gasteiger partial charge is 0.211 e. The summed E-state index contributed by atoms with van der Waals surface area (Å²) in [5, 5.41) is 2.51. The third-order valence-corrected chi connectivity index (χ3v) is 3.05. The Kier molecular flexibility index (Phi) is 1.96. The molecule has 15 heavy (non-hydrogen) atoms. The Labute approximate surface area is 96.1 Å². The first-order chi connectivity index (χ1) is 7.33. The second kappa shape index (κ2) is 3.31. The molecule has 0 aliphatic heterocycles. The van der Waals surface area contributed by atoms with Crippen LogP contribution in [-0.4, -0.2) is 0 Å². The molecule has 0 unspecified atom stereocenters. The van der Waals surface area contributed by atoms with E-state index in [4.69, 9.17) is 0 Å². The molecule has 0 N–H and O–H groups in total. The van der Waals surface area contributed by atoms with Crippen LogP contribution in [0.5, 0.6) is 0 Å². The minimum Gasteiger partial charge on any atom is -0.167 e. The second-order valence-electron chi connectivity index (χ2n) is 3.58. The van der Waals surface area contributed by atoms with Gasteiger partial charge in [0.25, 0.3) is 0 Å². The Bertz CT molecular complexity index is 646. The van der Waals surface area contributed by atoms with Crippen molar-refractivity contribution in [3.63, 3.8) is 0 Å². The molecular formula is C13H9BrN+. The van der Waals surface area contributed by atoms with E-state index in [0.29, 0.717) is 0 Å². The summed E-state index contributed by atoms with van der Waals surface area (Å²) < 4.78 is 3.26. The molecule has 0 saturated heterocycles. The van der Waals surface area contributed by atoms with Crippen molar-refractivity contribution in [3.05, 3.63) is 59.3 Å². The molecule has 2 aromatic heterocycles. The number of fused-ring (bicyclic) bond motifs is 2. The minimum absolute atomic E-state index is 1.12. The van der Waals surface area contributed by atoms with Gasteiger partial charge in [-0.25, -0.2) is 0 Å². The fourth-order valence-electron chi connectivity index (χ4n) is 1.81. The SMILES string of the molecule is Brc1ccc2c[n+]3ccccc3cc2c1. The minimum atomic E-state index is 1.12. The van der Waals surface area contributed by atoms with Crippen molar-refractivity contribution >= 4 is 32.2 Å². The van der Waals surface area contributed by atoms with E-state index in [-0.39, 0.29) is 0 Å². The zero-order valence-electron chi connectivity index (χ0n) is 8.02. The van der Waals surface area contributed by atoms with Crippen LogP contribution in [-0.2, 0) is 0 Å². The Balaban J connectivity index is 2.47. The number of nitrogens with zero attached hydrogens (tertiary/aromatic N) is 1. The molecular weight excluding hydrogens is 250 g/mol. The van der Waals surface area contributed by atoms with Gasteiger partial charge in [0, 0.05) is 28.1 Å². The average molecular weight is 259 g/mol. The van der Waals surface area contributed by atoms with Crippen LogP contribution < -0.4 is 4.40 Å². The van der Waals surface area contributed by atoms with Gasteiger partial charge >= 0.3 is 0 Å². The van der Waals surface area contributed by atoms with Crippen molar-refractivity contribution in [2.75, 3.05) is 0 Å². The predicted molar refractivity (Wildman–Crippen MR) is 64.8 cm³/mol. The summed E-state index contributed by atoms with van der Waals surface area (Å²) in [6.45, 7) is 0. The molecule has 2 heterocycles. The fraction of sp³-hybridized carbons (Fsp3) is 0. The Morgan fingerprint density at radius 3 is 2.80 bits per heavy atom. The summed E-state index contributed by atoms with van der Waals surface area (Å²) in [6, 6.07) is 14.7. The van der Waals surface area contributed by atoms with Crippen LogP contribution in [0.2, 0.25) is 0 Å². The van der Waals surface area contributed by atoms with Crippen LogP contribution in [0.3, 0.4) is 0 Å². The van der Waals surface area contributed by atoms with Crippen molar-refractivity contribution in [2.45, 2.75) is 0 Å². The first-order valence-corrected chi connectivity index (χ1v) is 5.61. The molecule has 0 amide bonds. The van der Waals surface area contributed by atoms with Crippen LogP contribution in [0.15, 0.2) is 59.3 Å². The van der Waals surface area contributed by atoms with E-state index >= 15 is 0 Å². The van der Waals surface area contributed by atoms with Crippen LogP contribution in [0.4, 0.5) is 0 Å². The Morgan fingerprint density at radius 1 is 0.933 bits per heavy atom.